The van der Waals surface area contributed by atoms with Crippen LogP contribution in [0.1, 0.15) is 32.1 Å². The van der Waals surface area contributed by atoms with Crippen molar-refractivity contribution < 1.29 is 9.53 Å². The number of carbonyl (C=O) groups is 1. The number of Topliss-reactive ketones (excluding diaryl/α,β-unsaturated/α-hetero) is 1. The topological polar surface area (TPSA) is 29.5 Å². The van der Waals surface area contributed by atoms with Gasteiger partial charge in [0.2, 0.25) is 0 Å². The molecule has 3 nitrogen and oxygen atoms in total. The lowest BCUT2D eigenvalue weighted by atomic mass is 9.94. The summed E-state index contributed by atoms with van der Waals surface area (Å²) in [6.45, 7) is 4.60. The average molecular weight is 272 g/mol. The molecule has 0 aromatic rings. The first kappa shape index (κ1) is 14.0. The van der Waals surface area contributed by atoms with Crippen LogP contribution in [0.15, 0.2) is 11.1 Å². The molecule has 0 amide bonds. The monoisotopic (exact) mass is 271 g/mol. The Kier molecular flexibility index (Phi) is 4.82. The molecule has 0 spiro atoms. The van der Waals surface area contributed by atoms with Crippen molar-refractivity contribution in [3.05, 3.63) is 11.1 Å². The predicted molar refractivity (Wildman–Crippen MR) is 73.1 cm³/mol. The normalized spacial score (nSPS) is 29.1. The second-order valence-electron chi connectivity index (χ2n) is 5.47. The third-order valence-corrected chi connectivity index (χ3v) is 4.33. The quantitative estimate of drug-likeness (QED) is 0.771. The molecule has 1 unspecified atom stereocenters. The Labute approximate surface area is 115 Å². The Morgan fingerprint density at radius 1 is 1.17 bits per heavy atom. The van der Waals surface area contributed by atoms with Crippen LogP contribution in [0.2, 0.25) is 0 Å². The molecule has 0 saturated carbocycles. The number of halogens is 1. The molecule has 3 rings (SSSR count). The molecule has 1 fully saturated rings. The highest BCUT2D eigenvalue weighted by Gasteiger charge is 2.34. The average Bonchev–Trinajstić information content (AvgIpc) is 2.68. The molecule has 4 heteroatoms. The van der Waals surface area contributed by atoms with Crippen molar-refractivity contribution in [2.45, 2.75) is 32.1 Å². The van der Waals surface area contributed by atoms with Gasteiger partial charge in [-0.15, -0.1) is 12.4 Å². The van der Waals surface area contributed by atoms with Gasteiger partial charge in [-0.1, -0.05) is 5.57 Å². The molecular weight excluding hydrogens is 250 g/mol. The Bertz CT molecular complexity index is 348. The van der Waals surface area contributed by atoms with Gasteiger partial charge in [0.05, 0.1) is 13.2 Å². The fraction of sp³-hybridized carbons (Fsp3) is 0.786. The Morgan fingerprint density at radius 3 is 2.61 bits per heavy atom. The van der Waals surface area contributed by atoms with Crippen molar-refractivity contribution >= 4 is 18.2 Å². The minimum absolute atomic E-state index is 0. The molecule has 1 saturated heterocycles. The van der Waals surface area contributed by atoms with E-state index in [0.717, 1.165) is 45.7 Å². The molecule has 2 aliphatic carbocycles. The molecule has 1 atom stereocenters. The summed E-state index contributed by atoms with van der Waals surface area (Å²) in [5.74, 6) is 0.724. The van der Waals surface area contributed by atoms with Gasteiger partial charge in [0.1, 0.15) is 0 Å². The molecule has 18 heavy (non-hydrogen) atoms. The number of rotatable bonds is 2. The van der Waals surface area contributed by atoms with Crippen LogP contribution < -0.4 is 0 Å². The first-order chi connectivity index (χ1) is 8.34. The standard InChI is InChI=1S/C14H21NO2.ClH/c16-14-12(10-15-5-7-17-8-6-15)9-11-3-1-2-4-13(11)14;/h12H,1-10H2;1H. The summed E-state index contributed by atoms with van der Waals surface area (Å²) in [6, 6.07) is 0. The number of hydrogen-bond donors (Lipinski definition) is 0. The highest BCUT2D eigenvalue weighted by molar-refractivity contribution is 6.00. The van der Waals surface area contributed by atoms with Crippen LogP contribution in [0.5, 0.6) is 0 Å². The van der Waals surface area contributed by atoms with Gasteiger partial charge in [0.25, 0.3) is 0 Å². The van der Waals surface area contributed by atoms with Crippen LogP contribution in [0.25, 0.3) is 0 Å². The van der Waals surface area contributed by atoms with Crippen LogP contribution in [0.4, 0.5) is 0 Å². The molecular formula is C14H22ClNO2. The highest BCUT2D eigenvalue weighted by atomic mass is 35.5. The fourth-order valence-corrected chi connectivity index (χ4v) is 3.37. The van der Waals surface area contributed by atoms with E-state index >= 15 is 0 Å². The zero-order chi connectivity index (χ0) is 11.7. The minimum Gasteiger partial charge on any atom is -0.379 e. The maximum absolute atomic E-state index is 12.3. The maximum Gasteiger partial charge on any atom is 0.163 e. The van der Waals surface area contributed by atoms with Crippen LogP contribution >= 0.6 is 12.4 Å². The van der Waals surface area contributed by atoms with Gasteiger partial charge in [0, 0.05) is 25.6 Å². The molecule has 3 aliphatic rings. The molecule has 102 valence electrons. The summed E-state index contributed by atoms with van der Waals surface area (Å²) in [4.78, 5) is 14.7. The number of nitrogens with zero attached hydrogens (tertiary/aromatic N) is 1. The Hall–Kier alpha value is -0.380. The number of ether oxygens (including phenoxy) is 1. The van der Waals surface area contributed by atoms with E-state index in [0.29, 0.717) is 5.78 Å². The SMILES string of the molecule is Cl.O=C1C2=C(CCCC2)CC1CN1CCOCC1. The summed E-state index contributed by atoms with van der Waals surface area (Å²) >= 11 is 0. The number of ketones is 1. The van der Waals surface area contributed by atoms with Crippen LogP contribution in [0, 0.1) is 5.92 Å². The molecule has 0 bridgehead atoms. The van der Waals surface area contributed by atoms with E-state index in [1.165, 1.54) is 30.4 Å². The Morgan fingerprint density at radius 2 is 1.89 bits per heavy atom. The lowest BCUT2D eigenvalue weighted by molar-refractivity contribution is -0.119. The van der Waals surface area contributed by atoms with Gasteiger partial charge < -0.3 is 4.74 Å². The van der Waals surface area contributed by atoms with E-state index in [4.69, 9.17) is 4.74 Å². The summed E-state index contributed by atoms with van der Waals surface area (Å²) in [5, 5.41) is 0. The van der Waals surface area contributed by atoms with Gasteiger partial charge in [-0.3, -0.25) is 9.69 Å². The van der Waals surface area contributed by atoms with Gasteiger partial charge in [-0.25, -0.2) is 0 Å². The van der Waals surface area contributed by atoms with Gasteiger partial charge >= 0.3 is 0 Å². The summed E-state index contributed by atoms with van der Waals surface area (Å²) in [6.07, 6.45) is 5.78. The smallest absolute Gasteiger partial charge is 0.163 e. The number of hydrogen-bond acceptors (Lipinski definition) is 3. The molecule has 0 N–H and O–H groups in total. The fourth-order valence-electron chi connectivity index (χ4n) is 3.37. The van der Waals surface area contributed by atoms with E-state index in [-0.39, 0.29) is 18.3 Å². The lowest BCUT2D eigenvalue weighted by Crippen LogP contribution is -2.40. The number of allylic oxidation sites excluding steroid dienone is 2. The predicted octanol–water partition coefficient (Wildman–Crippen LogP) is 2.20. The third kappa shape index (κ3) is 2.79. The van der Waals surface area contributed by atoms with Crippen molar-refractivity contribution in [3.63, 3.8) is 0 Å². The molecule has 0 aromatic carbocycles. The van der Waals surface area contributed by atoms with E-state index < -0.39 is 0 Å². The van der Waals surface area contributed by atoms with Gasteiger partial charge in [-0.2, -0.15) is 0 Å². The highest BCUT2D eigenvalue weighted by Crippen LogP contribution is 2.38. The summed E-state index contributed by atoms with van der Waals surface area (Å²) in [5.41, 5.74) is 2.69. The second-order valence-corrected chi connectivity index (χ2v) is 5.47. The molecule has 0 aromatic heterocycles. The largest absolute Gasteiger partial charge is 0.379 e. The van der Waals surface area contributed by atoms with Crippen LogP contribution in [-0.2, 0) is 9.53 Å². The van der Waals surface area contributed by atoms with E-state index in [2.05, 4.69) is 4.90 Å². The van der Waals surface area contributed by atoms with Crippen molar-refractivity contribution in [2.75, 3.05) is 32.8 Å². The van der Waals surface area contributed by atoms with Gasteiger partial charge in [0.15, 0.2) is 5.78 Å². The van der Waals surface area contributed by atoms with Crippen molar-refractivity contribution in [3.8, 4) is 0 Å². The van der Waals surface area contributed by atoms with Gasteiger partial charge in [-0.05, 0) is 37.7 Å². The zero-order valence-electron chi connectivity index (χ0n) is 10.8. The minimum atomic E-state index is 0. The van der Waals surface area contributed by atoms with Crippen LogP contribution in [0.3, 0.4) is 0 Å². The van der Waals surface area contributed by atoms with Crippen LogP contribution in [-0.4, -0.2) is 43.5 Å². The third-order valence-electron chi connectivity index (χ3n) is 4.33. The number of morpholine rings is 1. The Balaban J connectivity index is 0.00000120. The van der Waals surface area contributed by atoms with Crippen molar-refractivity contribution in [2.24, 2.45) is 5.92 Å². The first-order valence-electron chi connectivity index (χ1n) is 6.90. The van der Waals surface area contributed by atoms with Crippen molar-refractivity contribution in [1.29, 1.82) is 0 Å². The number of carbonyl (C=O) groups excluding carboxylic acids is 1. The van der Waals surface area contributed by atoms with E-state index in [1.807, 2.05) is 0 Å². The second kappa shape index (κ2) is 6.18. The van der Waals surface area contributed by atoms with E-state index in [9.17, 15) is 4.79 Å². The summed E-state index contributed by atoms with van der Waals surface area (Å²) < 4.78 is 5.35. The first-order valence-corrected chi connectivity index (χ1v) is 6.90. The zero-order valence-corrected chi connectivity index (χ0v) is 11.6. The van der Waals surface area contributed by atoms with E-state index in [1.54, 1.807) is 0 Å². The maximum atomic E-state index is 12.3. The molecule has 1 aliphatic heterocycles. The summed E-state index contributed by atoms with van der Waals surface area (Å²) in [7, 11) is 0. The van der Waals surface area contributed by atoms with Crippen molar-refractivity contribution in [1.82, 2.24) is 4.90 Å². The lowest BCUT2D eigenvalue weighted by Gasteiger charge is -2.28. The molecule has 0 radical (unpaired) electrons. The molecule has 1 heterocycles.